The predicted octanol–water partition coefficient (Wildman–Crippen LogP) is 1.83. The minimum atomic E-state index is 0.116. The first-order valence-electron chi connectivity index (χ1n) is 7.28. The van der Waals surface area contributed by atoms with Crippen molar-refractivity contribution in [3.63, 3.8) is 0 Å². The number of nitrogens with two attached hydrogens (primary N) is 1. The van der Waals surface area contributed by atoms with E-state index >= 15 is 0 Å². The summed E-state index contributed by atoms with van der Waals surface area (Å²) in [7, 11) is 0. The zero-order chi connectivity index (χ0) is 13.4. The molecule has 0 spiro atoms. The maximum atomic E-state index is 11.5. The van der Waals surface area contributed by atoms with E-state index in [1.54, 1.807) is 0 Å². The fourth-order valence-corrected chi connectivity index (χ4v) is 2.15. The van der Waals surface area contributed by atoms with Gasteiger partial charge in [0, 0.05) is 25.1 Å². The average molecular weight is 256 g/mol. The van der Waals surface area contributed by atoms with Crippen LogP contribution in [-0.4, -0.2) is 31.2 Å². The quantitative estimate of drug-likeness (QED) is 0.683. The second-order valence-electron chi connectivity index (χ2n) is 5.36. The molecule has 1 unspecified atom stereocenters. The van der Waals surface area contributed by atoms with E-state index in [0.29, 0.717) is 12.1 Å². The van der Waals surface area contributed by atoms with Gasteiger partial charge in [0.05, 0.1) is 6.10 Å². The fourth-order valence-electron chi connectivity index (χ4n) is 2.15. The molecule has 0 aromatic heterocycles. The smallest absolute Gasteiger partial charge is 0.222 e. The second-order valence-corrected chi connectivity index (χ2v) is 5.36. The van der Waals surface area contributed by atoms with E-state index < -0.39 is 0 Å². The van der Waals surface area contributed by atoms with Crippen molar-refractivity contribution < 1.29 is 9.53 Å². The van der Waals surface area contributed by atoms with Crippen LogP contribution in [-0.2, 0) is 9.53 Å². The fraction of sp³-hybridized carbons (Fsp3) is 0.929. The highest BCUT2D eigenvalue weighted by atomic mass is 16.5. The zero-order valence-electron chi connectivity index (χ0n) is 11.8. The topological polar surface area (TPSA) is 64.3 Å². The van der Waals surface area contributed by atoms with Gasteiger partial charge in [0.1, 0.15) is 0 Å². The van der Waals surface area contributed by atoms with Crippen LogP contribution in [0.3, 0.4) is 0 Å². The molecular weight excluding hydrogens is 228 g/mol. The van der Waals surface area contributed by atoms with E-state index in [9.17, 15) is 4.79 Å². The highest BCUT2D eigenvalue weighted by Crippen LogP contribution is 2.19. The molecule has 0 aromatic rings. The van der Waals surface area contributed by atoms with Crippen LogP contribution >= 0.6 is 0 Å². The summed E-state index contributed by atoms with van der Waals surface area (Å²) in [4.78, 5) is 11.5. The zero-order valence-corrected chi connectivity index (χ0v) is 11.8. The monoisotopic (exact) mass is 256 g/mol. The Balaban J connectivity index is 1.97. The molecule has 1 aliphatic rings. The van der Waals surface area contributed by atoms with Crippen LogP contribution in [0.25, 0.3) is 0 Å². The molecule has 18 heavy (non-hydrogen) atoms. The van der Waals surface area contributed by atoms with Gasteiger partial charge in [-0.3, -0.25) is 4.79 Å². The molecule has 0 radical (unpaired) electrons. The lowest BCUT2D eigenvalue weighted by atomic mass is 9.94. The predicted molar refractivity (Wildman–Crippen MR) is 73.3 cm³/mol. The van der Waals surface area contributed by atoms with Crippen LogP contribution in [0.15, 0.2) is 0 Å². The van der Waals surface area contributed by atoms with Crippen LogP contribution in [0.1, 0.15) is 52.4 Å². The van der Waals surface area contributed by atoms with E-state index in [1.165, 1.54) is 0 Å². The van der Waals surface area contributed by atoms with Crippen molar-refractivity contribution in [1.82, 2.24) is 5.32 Å². The van der Waals surface area contributed by atoms with Crippen molar-refractivity contribution in [2.45, 2.75) is 64.5 Å². The maximum Gasteiger partial charge on any atom is 0.222 e. The van der Waals surface area contributed by atoms with Crippen molar-refractivity contribution >= 4 is 5.91 Å². The minimum absolute atomic E-state index is 0.116. The van der Waals surface area contributed by atoms with Gasteiger partial charge in [-0.15, -0.1) is 0 Å². The summed E-state index contributed by atoms with van der Waals surface area (Å²) in [5.74, 6) is 0.270. The Hall–Kier alpha value is -0.610. The van der Waals surface area contributed by atoms with Gasteiger partial charge in [0.25, 0.3) is 0 Å². The van der Waals surface area contributed by atoms with Gasteiger partial charge in [-0.1, -0.05) is 13.8 Å². The van der Waals surface area contributed by atoms with Gasteiger partial charge in [-0.05, 0) is 38.5 Å². The van der Waals surface area contributed by atoms with Gasteiger partial charge in [0.15, 0.2) is 0 Å². The van der Waals surface area contributed by atoms with Gasteiger partial charge < -0.3 is 15.8 Å². The van der Waals surface area contributed by atoms with Crippen LogP contribution in [0, 0.1) is 5.92 Å². The van der Waals surface area contributed by atoms with Crippen molar-refractivity contribution in [1.29, 1.82) is 0 Å². The number of ether oxygens (including phenoxy) is 1. The molecule has 0 heterocycles. The normalized spacial score (nSPS) is 25.7. The third-order valence-electron chi connectivity index (χ3n) is 3.75. The summed E-state index contributed by atoms with van der Waals surface area (Å²) in [6.07, 6.45) is 6.50. The molecule has 0 saturated heterocycles. The summed E-state index contributed by atoms with van der Waals surface area (Å²) < 4.78 is 5.79. The number of amides is 1. The highest BCUT2D eigenvalue weighted by Gasteiger charge is 2.18. The van der Waals surface area contributed by atoms with E-state index in [-0.39, 0.29) is 11.8 Å². The molecule has 3 N–H and O–H groups in total. The van der Waals surface area contributed by atoms with E-state index in [4.69, 9.17) is 10.5 Å². The Morgan fingerprint density at radius 3 is 2.67 bits per heavy atom. The first-order chi connectivity index (χ1) is 8.63. The first-order valence-corrected chi connectivity index (χ1v) is 7.28. The standard InChI is InChI=1S/C14H28N2O2/c1-3-11(2)14(17)16-9-4-10-18-13-7-5-12(15)6-8-13/h11-13H,3-10,15H2,1-2H3,(H,16,17). The number of nitrogens with one attached hydrogen (secondary N) is 1. The number of hydrogen-bond donors (Lipinski definition) is 2. The molecule has 106 valence electrons. The Morgan fingerprint density at radius 2 is 2.06 bits per heavy atom. The van der Waals surface area contributed by atoms with Gasteiger partial charge in [-0.25, -0.2) is 0 Å². The largest absolute Gasteiger partial charge is 0.378 e. The number of carbonyl (C=O) groups is 1. The molecule has 1 rings (SSSR count). The molecule has 1 saturated carbocycles. The number of hydrogen-bond acceptors (Lipinski definition) is 3. The first kappa shape index (κ1) is 15.4. The molecule has 1 aliphatic carbocycles. The third-order valence-corrected chi connectivity index (χ3v) is 3.75. The Labute approximate surface area is 111 Å². The molecule has 4 nitrogen and oxygen atoms in total. The Kier molecular flexibility index (Phi) is 7.28. The van der Waals surface area contributed by atoms with Crippen molar-refractivity contribution in [3.05, 3.63) is 0 Å². The summed E-state index contributed by atoms with van der Waals surface area (Å²) in [5, 5.41) is 2.94. The lowest BCUT2D eigenvalue weighted by Gasteiger charge is -2.26. The molecule has 0 bridgehead atoms. The van der Waals surface area contributed by atoms with Gasteiger partial charge >= 0.3 is 0 Å². The molecule has 1 fully saturated rings. The lowest BCUT2D eigenvalue weighted by molar-refractivity contribution is -0.124. The van der Waals surface area contributed by atoms with Gasteiger partial charge in [-0.2, -0.15) is 0 Å². The van der Waals surface area contributed by atoms with Crippen molar-refractivity contribution in [2.24, 2.45) is 11.7 Å². The average Bonchev–Trinajstić information content (AvgIpc) is 2.39. The SMILES string of the molecule is CCC(C)C(=O)NCCCOC1CCC(N)CC1. The molecule has 1 amide bonds. The Morgan fingerprint density at radius 1 is 1.39 bits per heavy atom. The van der Waals surface area contributed by atoms with Crippen LogP contribution in [0.5, 0.6) is 0 Å². The highest BCUT2D eigenvalue weighted by molar-refractivity contribution is 5.78. The minimum Gasteiger partial charge on any atom is -0.378 e. The summed E-state index contributed by atoms with van der Waals surface area (Å²) >= 11 is 0. The maximum absolute atomic E-state index is 11.5. The second kappa shape index (κ2) is 8.48. The van der Waals surface area contributed by atoms with Crippen LogP contribution < -0.4 is 11.1 Å². The van der Waals surface area contributed by atoms with E-state index in [1.807, 2.05) is 13.8 Å². The number of rotatable bonds is 7. The Bertz CT molecular complexity index is 238. The summed E-state index contributed by atoms with van der Waals surface area (Å²) in [6.45, 7) is 5.44. The van der Waals surface area contributed by atoms with Crippen LogP contribution in [0.4, 0.5) is 0 Å². The molecule has 0 aliphatic heterocycles. The van der Waals surface area contributed by atoms with E-state index in [0.717, 1.165) is 51.7 Å². The van der Waals surface area contributed by atoms with Gasteiger partial charge in [0.2, 0.25) is 5.91 Å². The van der Waals surface area contributed by atoms with E-state index in [2.05, 4.69) is 5.32 Å². The lowest BCUT2D eigenvalue weighted by Crippen LogP contribution is -2.32. The molecule has 1 atom stereocenters. The summed E-state index contributed by atoms with van der Waals surface area (Å²) in [6, 6.07) is 0.375. The molecular formula is C14H28N2O2. The summed E-state index contributed by atoms with van der Waals surface area (Å²) in [5.41, 5.74) is 5.85. The molecule has 4 heteroatoms. The van der Waals surface area contributed by atoms with Crippen molar-refractivity contribution in [3.8, 4) is 0 Å². The number of carbonyl (C=O) groups excluding carboxylic acids is 1. The van der Waals surface area contributed by atoms with Crippen LogP contribution in [0.2, 0.25) is 0 Å². The third kappa shape index (κ3) is 5.83. The van der Waals surface area contributed by atoms with Crippen molar-refractivity contribution in [2.75, 3.05) is 13.2 Å². The molecule has 0 aromatic carbocycles.